The number of aliphatic hydroxyl groups is 1. The molecule has 1 aliphatic rings. The van der Waals surface area contributed by atoms with Crippen LogP contribution in [0.15, 0.2) is 0 Å². The van der Waals surface area contributed by atoms with E-state index in [4.69, 9.17) is 5.11 Å². The van der Waals surface area contributed by atoms with Crippen LogP contribution in [0, 0.1) is 5.92 Å². The third-order valence-electron chi connectivity index (χ3n) is 2.71. The molecule has 1 fully saturated rings. The Morgan fingerprint density at radius 3 is 2.79 bits per heavy atom. The topological polar surface area (TPSA) is 61.4 Å². The van der Waals surface area contributed by atoms with E-state index in [-0.39, 0.29) is 30.5 Å². The van der Waals surface area contributed by atoms with E-state index in [0.717, 1.165) is 19.4 Å². The standard InChI is InChI=1S/C10H20N2O2/c1-7(2)9(6-13)12-10(14)8-4-3-5-11-8/h7-9,11,13H,3-6H2,1-2H3,(H,12,14)/t8-,9+/m0/s1. The molecule has 1 saturated heterocycles. The molecule has 4 heteroatoms. The summed E-state index contributed by atoms with van der Waals surface area (Å²) in [7, 11) is 0. The SMILES string of the molecule is CC(C)[C@@H](CO)NC(=O)[C@@H]1CCCN1. The van der Waals surface area contributed by atoms with Crippen molar-refractivity contribution in [3.05, 3.63) is 0 Å². The summed E-state index contributed by atoms with van der Waals surface area (Å²) in [6.45, 7) is 4.91. The number of nitrogens with one attached hydrogen (secondary N) is 2. The van der Waals surface area contributed by atoms with Crippen LogP contribution in [0.4, 0.5) is 0 Å². The lowest BCUT2D eigenvalue weighted by Gasteiger charge is -2.22. The molecule has 4 nitrogen and oxygen atoms in total. The van der Waals surface area contributed by atoms with Crippen molar-refractivity contribution in [1.82, 2.24) is 10.6 Å². The maximum Gasteiger partial charge on any atom is 0.237 e. The summed E-state index contributed by atoms with van der Waals surface area (Å²) in [6.07, 6.45) is 1.96. The molecule has 0 aromatic heterocycles. The van der Waals surface area contributed by atoms with E-state index < -0.39 is 0 Å². The highest BCUT2D eigenvalue weighted by Crippen LogP contribution is 2.07. The lowest BCUT2D eigenvalue weighted by molar-refractivity contribution is -0.124. The number of carbonyl (C=O) groups excluding carboxylic acids is 1. The first-order valence-corrected chi connectivity index (χ1v) is 5.29. The maximum atomic E-state index is 11.6. The summed E-state index contributed by atoms with van der Waals surface area (Å²) in [5.74, 6) is 0.292. The average Bonchev–Trinajstić information content (AvgIpc) is 2.65. The molecule has 0 saturated carbocycles. The summed E-state index contributed by atoms with van der Waals surface area (Å²) in [5, 5.41) is 15.0. The fraction of sp³-hybridized carbons (Fsp3) is 0.900. The number of carbonyl (C=O) groups is 1. The van der Waals surface area contributed by atoms with Crippen LogP contribution in [0.1, 0.15) is 26.7 Å². The molecule has 1 amide bonds. The fourth-order valence-electron chi connectivity index (χ4n) is 1.61. The second kappa shape index (κ2) is 5.32. The fourth-order valence-corrected chi connectivity index (χ4v) is 1.61. The Bertz CT molecular complexity index is 189. The number of hydrogen-bond donors (Lipinski definition) is 3. The lowest BCUT2D eigenvalue weighted by Crippen LogP contribution is -2.48. The van der Waals surface area contributed by atoms with Gasteiger partial charge < -0.3 is 15.7 Å². The third kappa shape index (κ3) is 2.96. The predicted molar refractivity (Wildman–Crippen MR) is 54.9 cm³/mol. The van der Waals surface area contributed by atoms with Crippen LogP contribution in [-0.2, 0) is 4.79 Å². The second-order valence-corrected chi connectivity index (χ2v) is 4.19. The number of hydrogen-bond acceptors (Lipinski definition) is 3. The van der Waals surface area contributed by atoms with E-state index in [2.05, 4.69) is 10.6 Å². The number of amides is 1. The van der Waals surface area contributed by atoms with Gasteiger partial charge in [-0.15, -0.1) is 0 Å². The van der Waals surface area contributed by atoms with E-state index >= 15 is 0 Å². The van der Waals surface area contributed by atoms with Gasteiger partial charge in [0.05, 0.1) is 18.7 Å². The van der Waals surface area contributed by atoms with Gasteiger partial charge in [-0.25, -0.2) is 0 Å². The van der Waals surface area contributed by atoms with Gasteiger partial charge in [0.25, 0.3) is 0 Å². The van der Waals surface area contributed by atoms with E-state index in [1.54, 1.807) is 0 Å². The van der Waals surface area contributed by atoms with Gasteiger partial charge in [0.15, 0.2) is 0 Å². The molecule has 0 unspecified atom stereocenters. The molecule has 1 rings (SSSR count). The van der Waals surface area contributed by atoms with Gasteiger partial charge in [-0.3, -0.25) is 4.79 Å². The van der Waals surface area contributed by atoms with Crippen LogP contribution in [0.25, 0.3) is 0 Å². The van der Waals surface area contributed by atoms with Gasteiger partial charge in [0.1, 0.15) is 0 Å². The third-order valence-corrected chi connectivity index (χ3v) is 2.71. The van der Waals surface area contributed by atoms with Gasteiger partial charge in [-0.05, 0) is 25.3 Å². The van der Waals surface area contributed by atoms with Crippen LogP contribution in [0.3, 0.4) is 0 Å². The quantitative estimate of drug-likeness (QED) is 0.592. The minimum atomic E-state index is -0.120. The Balaban J connectivity index is 2.37. The van der Waals surface area contributed by atoms with E-state index in [1.165, 1.54) is 0 Å². The van der Waals surface area contributed by atoms with Crippen LogP contribution in [-0.4, -0.2) is 36.2 Å². The predicted octanol–water partition coefficient (Wildman–Crippen LogP) is -0.128. The van der Waals surface area contributed by atoms with Crippen LogP contribution in [0.5, 0.6) is 0 Å². The number of rotatable bonds is 4. The molecule has 82 valence electrons. The van der Waals surface area contributed by atoms with Gasteiger partial charge >= 0.3 is 0 Å². The normalized spacial score (nSPS) is 23.9. The van der Waals surface area contributed by atoms with Gasteiger partial charge in [0, 0.05) is 0 Å². The molecule has 0 spiro atoms. The summed E-state index contributed by atoms with van der Waals surface area (Å²) >= 11 is 0. The monoisotopic (exact) mass is 200 g/mol. The Morgan fingerprint density at radius 2 is 2.36 bits per heavy atom. The minimum Gasteiger partial charge on any atom is -0.394 e. The van der Waals surface area contributed by atoms with Crippen LogP contribution < -0.4 is 10.6 Å². The first kappa shape index (κ1) is 11.5. The largest absolute Gasteiger partial charge is 0.394 e. The Morgan fingerprint density at radius 1 is 1.64 bits per heavy atom. The lowest BCUT2D eigenvalue weighted by atomic mass is 10.0. The average molecular weight is 200 g/mol. The van der Waals surface area contributed by atoms with Crippen molar-refractivity contribution < 1.29 is 9.90 Å². The zero-order valence-corrected chi connectivity index (χ0v) is 8.92. The van der Waals surface area contributed by atoms with Crippen molar-refractivity contribution in [3.8, 4) is 0 Å². The van der Waals surface area contributed by atoms with Crippen LogP contribution >= 0.6 is 0 Å². The summed E-state index contributed by atoms with van der Waals surface area (Å²) in [5.41, 5.74) is 0. The number of aliphatic hydroxyl groups excluding tert-OH is 1. The molecule has 1 aliphatic heterocycles. The van der Waals surface area contributed by atoms with Crippen molar-refractivity contribution in [2.75, 3.05) is 13.2 Å². The molecule has 0 bridgehead atoms. The summed E-state index contributed by atoms with van der Waals surface area (Å²) < 4.78 is 0. The molecule has 0 aliphatic carbocycles. The molecule has 0 aromatic carbocycles. The van der Waals surface area contributed by atoms with Gasteiger partial charge in [-0.1, -0.05) is 13.8 Å². The first-order chi connectivity index (χ1) is 6.65. The Labute approximate surface area is 85.1 Å². The van der Waals surface area contributed by atoms with Crippen LogP contribution in [0.2, 0.25) is 0 Å². The molecule has 3 N–H and O–H groups in total. The molecule has 14 heavy (non-hydrogen) atoms. The Hall–Kier alpha value is -0.610. The smallest absolute Gasteiger partial charge is 0.237 e. The minimum absolute atomic E-state index is 0.0100. The zero-order valence-electron chi connectivity index (χ0n) is 8.92. The van der Waals surface area contributed by atoms with Crippen molar-refractivity contribution in [2.24, 2.45) is 5.92 Å². The molecule has 1 heterocycles. The maximum absolute atomic E-state index is 11.6. The van der Waals surface area contributed by atoms with Gasteiger partial charge in [-0.2, -0.15) is 0 Å². The van der Waals surface area contributed by atoms with E-state index in [1.807, 2.05) is 13.8 Å². The molecule has 0 aromatic rings. The summed E-state index contributed by atoms with van der Waals surface area (Å²) in [4.78, 5) is 11.6. The van der Waals surface area contributed by atoms with Crippen molar-refractivity contribution in [3.63, 3.8) is 0 Å². The van der Waals surface area contributed by atoms with Crippen molar-refractivity contribution in [1.29, 1.82) is 0 Å². The zero-order chi connectivity index (χ0) is 10.6. The molecular formula is C10H20N2O2. The molecule has 2 atom stereocenters. The highest BCUT2D eigenvalue weighted by Gasteiger charge is 2.24. The van der Waals surface area contributed by atoms with Crippen molar-refractivity contribution >= 4 is 5.91 Å². The molecular weight excluding hydrogens is 180 g/mol. The van der Waals surface area contributed by atoms with E-state index in [0.29, 0.717) is 0 Å². The summed E-state index contributed by atoms with van der Waals surface area (Å²) in [6, 6.07) is -0.173. The first-order valence-electron chi connectivity index (χ1n) is 5.29. The second-order valence-electron chi connectivity index (χ2n) is 4.19. The Kier molecular flexibility index (Phi) is 4.35. The highest BCUT2D eigenvalue weighted by molar-refractivity contribution is 5.82. The van der Waals surface area contributed by atoms with Gasteiger partial charge in [0.2, 0.25) is 5.91 Å². The molecule has 0 radical (unpaired) electrons. The van der Waals surface area contributed by atoms with Crippen molar-refractivity contribution in [2.45, 2.75) is 38.8 Å². The van der Waals surface area contributed by atoms with E-state index in [9.17, 15) is 4.79 Å². The highest BCUT2D eigenvalue weighted by atomic mass is 16.3.